The lowest BCUT2D eigenvalue weighted by Gasteiger charge is -2.40. The van der Waals surface area contributed by atoms with Crippen LogP contribution in [0.15, 0.2) is 18.2 Å². The smallest absolute Gasteiger partial charge is 0.303 e. The molecule has 0 fully saturated rings. The SMILES string of the molecule is O=C(O)CCCN1CCc2cccc3c2C1CNC3=O. The van der Waals surface area contributed by atoms with Gasteiger partial charge >= 0.3 is 5.97 Å². The maximum Gasteiger partial charge on any atom is 0.303 e. The molecule has 0 aliphatic carbocycles. The van der Waals surface area contributed by atoms with Gasteiger partial charge in [-0.25, -0.2) is 0 Å². The van der Waals surface area contributed by atoms with E-state index in [9.17, 15) is 9.59 Å². The number of nitrogens with zero attached hydrogens (tertiary/aromatic N) is 1. The van der Waals surface area contributed by atoms with Crippen LogP contribution in [0, 0.1) is 0 Å². The quantitative estimate of drug-likeness (QED) is 0.865. The van der Waals surface area contributed by atoms with Gasteiger partial charge in [0.15, 0.2) is 0 Å². The van der Waals surface area contributed by atoms with E-state index in [4.69, 9.17) is 5.11 Å². The first-order valence-electron chi connectivity index (χ1n) is 7.02. The Morgan fingerprint density at radius 2 is 2.30 bits per heavy atom. The van der Waals surface area contributed by atoms with Crippen LogP contribution in [0.25, 0.3) is 0 Å². The number of hydrogen-bond donors (Lipinski definition) is 2. The average Bonchev–Trinajstić information content (AvgIpc) is 2.44. The molecular weight excluding hydrogens is 256 g/mol. The number of aliphatic carboxylic acids is 1. The lowest BCUT2D eigenvalue weighted by Crippen LogP contribution is -2.47. The Labute approximate surface area is 117 Å². The lowest BCUT2D eigenvalue weighted by atomic mass is 9.86. The molecule has 1 amide bonds. The Kier molecular flexibility index (Phi) is 3.44. The number of amides is 1. The van der Waals surface area contributed by atoms with Crippen LogP contribution in [0.3, 0.4) is 0 Å². The first-order valence-corrected chi connectivity index (χ1v) is 7.02. The molecule has 0 saturated heterocycles. The van der Waals surface area contributed by atoms with Crippen LogP contribution in [0.1, 0.15) is 40.4 Å². The highest BCUT2D eigenvalue weighted by Gasteiger charge is 2.34. The van der Waals surface area contributed by atoms with Gasteiger partial charge in [0.05, 0.1) is 6.04 Å². The molecule has 2 heterocycles. The molecule has 5 nitrogen and oxygen atoms in total. The number of rotatable bonds is 4. The molecule has 1 aromatic carbocycles. The molecule has 20 heavy (non-hydrogen) atoms. The van der Waals surface area contributed by atoms with E-state index in [1.807, 2.05) is 12.1 Å². The molecule has 5 heteroatoms. The summed E-state index contributed by atoms with van der Waals surface area (Å²) >= 11 is 0. The van der Waals surface area contributed by atoms with E-state index in [1.165, 1.54) is 5.56 Å². The number of carbonyl (C=O) groups is 2. The second kappa shape index (κ2) is 5.25. The standard InChI is InChI=1S/C15H18N2O3/c18-13(19)5-2-7-17-8-6-10-3-1-4-11-14(10)12(17)9-16-15(11)20/h1,3-4,12H,2,5-9H2,(H,16,20)(H,18,19). The molecule has 2 aliphatic heterocycles. The van der Waals surface area contributed by atoms with Gasteiger partial charge in [-0.1, -0.05) is 12.1 Å². The highest BCUT2D eigenvalue weighted by atomic mass is 16.4. The summed E-state index contributed by atoms with van der Waals surface area (Å²) in [6, 6.07) is 6.11. The van der Waals surface area contributed by atoms with Gasteiger partial charge in [0.25, 0.3) is 5.91 Å². The van der Waals surface area contributed by atoms with Crippen molar-refractivity contribution in [1.82, 2.24) is 10.2 Å². The maximum absolute atomic E-state index is 11.9. The van der Waals surface area contributed by atoms with Gasteiger partial charge in [0.2, 0.25) is 0 Å². The third-order valence-corrected chi connectivity index (χ3v) is 4.18. The molecule has 3 rings (SSSR count). The molecule has 1 atom stereocenters. The van der Waals surface area contributed by atoms with E-state index in [-0.39, 0.29) is 18.4 Å². The van der Waals surface area contributed by atoms with Gasteiger partial charge in [0, 0.05) is 25.1 Å². The van der Waals surface area contributed by atoms with Gasteiger partial charge < -0.3 is 10.4 Å². The van der Waals surface area contributed by atoms with E-state index >= 15 is 0 Å². The van der Waals surface area contributed by atoms with Crippen molar-refractivity contribution >= 4 is 11.9 Å². The Bertz CT molecular complexity index is 556. The number of carbonyl (C=O) groups excluding carboxylic acids is 1. The molecule has 106 valence electrons. The highest BCUT2D eigenvalue weighted by molar-refractivity contribution is 5.97. The van der Waals surface area contributed by atoms with Crippen LogP contribution >= 0.6 is 0 Å². The number of hydrogen-bond acceptors (Lipinski definition) is 3. The highest BCUT2D eigenvalue weighted by Crippen LogP contribution is 2.34. The fraction of sp³-hybridized carbons (Fsp3) is 0.467. The van der Waals surface area contributed by atoms with Gasteiger partial charge in [0.1, 0.15) is 0 Å². The van der Waals surface area contributed by atoms with Crippen molar-refractivity contribution in [1.29, 1.82) is 0 Å². The molecule has 2 N–H and O–H groups in total. The topological polar surface area (TPSA) is 69.6 Å². The van der Waals surface area contributed by atoms with E-state index < -0.39 is 5.97 Å². The second-order valence-electron chi connectivity index (χ2n) is 5.39. The van der Waals surface area contributed by atoms with Gasteiger partial charge in [-0.3, -0.25) is 14.5 Å². The summed E-state index contributed by atoms with van der Waals surface area (Å²) in [7, 11) is 0. The number of benzene rings is 1. The largest absolute Gasteiger partial charge is 0.481 e. The summed E-state index contributed by atoms with van der Waals surface area (Å²) < 4.78 is 0. The molecule has 0 aromatic heterocycles. The van der Waals surface area contributed by atoms with E-state index in [0.717, 1.165) is 30.6 Å². The van der Waals surface area contributed by atoms with Crippen molar-refractivity contribution in [3.8, 4) is 0 Å². The monoisotopic (exact) mass is 274 g/mol. The third kappa shape index (κ3) is 2.29. The minimum absolute atomic E-state index is 0.00508. The van der Waals surface area contributed by atoms with Crippen LogP contribution in [0.4, 0.5) is 0 Å². The van der Waals surface area contributed by atoms with E-state index in [2.05, 4.69) is 16.3 Å². The summed E-state index contributed by atoms with van der Waals surface area (Å²) in [6.45, 7) is 2.31. The molecule has 0 saturated carbocycles. The number of carboxylic acids is 1. The zero-order valence-electron chi connectivity index (χ0n) is 11.3. The summed E-state index contributed by atoms with van der Waals surface area (Å²) in [5.41, 5.74) is 3.19. The van der Waals surface area contributed by atoms with Crippen LogP contribution in [-0.2, 0) is 11.2 Å². The van der Waals surface area contributed by atoms with Crippen molar-refractivity contribution in [2.24, 2.45) is 0 Å². The van der Waals surface area contributed by atoms with Crippen LogP contribution < -0.4 is 5.32 Å². The first-order chi connectivity index (χ1) is 9.66. The molecule has 1 aromatic rings. The molecule has 0 spiro atoms. The Morgan fingerprint density at radius 3 is 3.10 bits per heavy atom. The van der Waals surface area contributed by atoms with E-state index in [1.54, 1.807) is 0 Å². The Balaban J connectivity index is 1.82. The van der Waals surface area contributed by atoms with Crippen molar-refractivity contribution in [3.63, 3.8) is 0 Å². The molecule has 0 bridgehead atoms. The summed E-state index contributed by atoms with van der Waals surface area (Å²) in [4.78, 5) is 24.8. The molecule has 2 aliphatic rings. The van der Waals surface area contributed by atoms with Crippen molar-refractivity contribution in [2.45, 2.75) is 25.3 Å². The average molecular weight is 274 g/mol. The summed E-state index contributed by atoms with van der Waals surface area (Å²) in [5.74, 6) is -0.745. The number of carboxylic acid groups (broad SMARTS) is 1. The first kappa shape index (κ1) is 13.1. The number of nitrogens with one attached hydrogen (secondary N) is 1. The fourth-order valence-electron chi connectivity index (χ4n) is 3.24. The van der Waals surface area contributed by atoms with Crippen LogP contribution in [0.2, 0.25) is 0 Å². The minimum atomic E-state index is -0.750. The minimum Gasteiger partial charge on any atom is -0.481 e. The zero-order valence-corrected chi connectivity index (χ0v) is 11.3. The maximum atomic E-state index is 11.9. The van der Waals surface area contributed by atoms with Gasteiger partial charge in [-0.2, -0.15) is 0 Å². The molecular formula is C15H18N2O3. The third-order valence-electron chi connectivity index (χ3n) is 4.18. The van der Waals surface area contributed by atoms with Crippen molar-refractivity contribution < 1.29 is 14.7 Å². The summed E-state index contributed by atoms with van der Waals surface area (Å²) in [5, 5.41) is 11.7. The fourth-order valence-corrected chi connectivity index (χ4v) is 3.24. The molecule has 1 unspecified atom stereocenters. The lowest BCUT2D eigenvalue weighted by molar-refractivity contribution is -0.137. The summed E-state index contributed by atoms with van der Waals surface area (Å²) in [6.07, 6.45) is 1.78. The predicted octanol–water partition coefficient (Wildman–Crippen LogP) is 1.19. The Morgan fingerprint density at radius 1 is 1.45 bits per heavy atom. The van der Waals surface area contributed by atoms with Crippen molar-refractivity contribution in [2.75, 3.05) is 19.6 Å². The second-order valence-corrected chi connectivity index (χ2v) is 5.39. The van der Waals surface area contributed by atoms with E-state index in [0.29, 0.717) is 13.0 Å². The van der Waals surface area contributed by atoms with Crippen LogP contribution in [-0.4, -0.2) is 41.5 Å². The van der Waals surface area contributed by atoms with Crippen LogP contribution in [0.5, 0.6) is 0 Å². The van der Waals surface area contributed by atoms with Gasteiger partial charge in [-0.05, 0) is 36.6 Å². The zero-order chi connectivity index (χ0) is 14.1. The van der Waals surface area contributed by atoms with Crippen molar-refractivity contribution in [3.05, 3.63) is 34.9 Å². The Hall–Kier alpha value is -1.88. The predicted molar refractivity (Wildman–Crippen MR) is 73.7 cm³/mol. The normalized spacial score (nSPS) is 21.2. The molecule has 0 radical (unpaired) electrons. The van der Waals surface area contributed by atoms with Gasteiger partial charge in [-0.15, -0.1) is 0 Å².